The van der Waals surface area contributed by atoms with E-state index in [0.29, 0.717) is 24.1 Å². The van der Waals surface area contributed by atoms with Crippen LogP contribution in [-0.4, -0.2) is 45.7 Å². The maximum Gasteiger partial charge on any atom is 0.270 e. The van der Waals surface area contributed by atoms with Gasteiger partial charge in [0.15, 0.2) is 4.87 Å². The molecule has 0 radical (unpaired) electrons. The van der Waals surface area contributed by atoms with Gasteiger partial charge in [0.25, 0.3) is 11.8 Å². The number of aromatic nitrogens is 1. The number of amides is 2. The Labute approximate surface area is 209 Å². The number of pyridine rings is 1. The molecular weight excluding hydrogens is 456 g/mol. The molecule has 7 heteroatoms. The van der Waals surface area contributed by atoms with E-state index < -0.39 is 4.87 Å². The maximum atomic E-state index is 13.8. The van der Waals surface area contributed by atoms with E-state index >= 15 is 0 Å². The summed E-state index contributed by atoms with van der Waals surface area (Å²) in [6.45, 7) is 5.23. The lowest BCUT2D eigenvalue weighted by Gasteiger charge is -2.34. The number of aryl methyl sites for hydroxylation is 1. The number of thioether (sulfide) groups is 1. The SMILES string of the molecule is Cc1cccc(C2=CNC(C)(C(=O)N3C[C@H]4C[C@H]4[C@H]3CNC(=O)c3nccc4ccccc34)S2)c1. The number of hydrogen-bond donors (Lipinski definition) is 2. The van der Waals surface area contributed by atoms with Crippen molar-refractivity contribution >= 4 is 39.3 Å². The highest BCUT2D eigenvalue weighted by molar-refractivity contribution is 8.10. The van der Waals surface area contributed by atoms with Crippen molar-refractivity contribution in [2.24, 2.45) is 11.8 Å². The molecule has 1 aromatic heterocycles. The number of fused-ring (bicyclic) bond motifs is 2. The van der Waals surface area contributed by atoms with Crippen molar-refractivity contribution in [2.75, 3.05) is 13.1 Å². The van der Waals surface area contributed by atoms with Gasteiger partial charge in [-0.25, -0.2) is 0 Å². The Morgan fingerprint density at radius 3 is 2.91 bits per heavy atom. The minimum atomic E-state index is -0.755. The highest BCUT2D eigenvalue weighted by Crippen LogP contribution is 2.51. The first-order valence-corrected chi connectivity index (χ1v) is 12.9. The fraction of sp³-hybridized carbons (Fsp3) is 0.321. The predicted molar refractivity (Wildman–Crippen MR) is 139 cm³/mol. The third-order valence-electron chi connectivity index (χ3n) is 7.43. The molecule has 3 heterocycles. The van der Waals surface area contributed by atoms with Gasteiger partial charge in [-0.05, 0) is 49.1 Å². The number of nitrogens with one attached hydrogen (secondary N) is 2. The van der Waals surface area contributed by atoms with E-state index in [-0.39, 0.29) is 17.9 Å². The second-order valence-electron chi connectivity index (χ2n) is 9.93. The Morgan fingerprint density at radius 2 is 2.06 bits per heavy atom. The average Bonchev–Trinajstić information content (AvgIpc) is 3.37. The summed E-state index contributed by atoms with van der Waals surface area (Å²) in [6.07, 6.45) is 4.75. The number of benzene rings is 2. The van der Waals surface area contributed by atoms with E-state index in [1.165, 1.54) is 5.56 Å². The van der Waals surface area contributed by atoms with Gasteiger partial charge in [-0.15, -0.1) is 0 Å². The normalized spacial score (nSPS) is 26.7. The molecule has 1 unspecified atom stereocenters. The zero-order valence-corrected chi connectivity index (χ0v) is 20.6. The Kier molecular flexibility index (Phi) is 5.33. The molecule has 1 aliphatic carbocycles. The zero-order chi connectivity index (χ0) is 24.2. The summed E-state index contributed by atoms with van der Waals surface area (Å²) in [5, 5.41) is 8.26. The molecule has 0 spiro atoms. The number of carbonyl (C=O) groups excluding carboxylic acids is 2. The van der Waals surface area contributed by atoms with Crippen LogP contribution >= 0.6 is 11.8 Å². The molecule has 3 aliphatic rings. The number of hydrogen-bond acceptors (Lipinski definition) is 5. The van der Waals surface area contributed by atoms with Crippen LogP contribution in [0.5, 0.6) is 0 Å². The Balaban J connectivity index is 1.15. The van der Waals surface area contributed by atoms with Crippen molar-refractivity contribution in [3.05, 3.63) is 83.8 Å². The van der Waals surface area contributed by atoms with E-state index in [0.717, 1.165) is 34.2 Å². The molecule has 6 nitrogen and oxygen atoms in total. The maximum absolute atomic E-state index is 13.8. The fourth-order valence-electron chi connectivity index (χ4n) is 5.45. The van der Waals surface area contributed by atoms with E-state index in [9.17, 15) is 9.59 Å². The van der Waals surface area contributed by atoms with E-state index in [1.807, 2.05) is 54.4 Å². The molecule has 1 saturated carbocycles. The molecule has 2 aromatic carbocycles. The molecule has 0 bridgehead atoms. The Bertz CT molecular complexity index is 1370. The Hall–Kier alpha value is -3.32. The van der Waals surface area contributed by atoms with Crippen molar-refractivity contribution in [1.82, 2.24) is 20.5 Å². The standard InChI is InChI=1S/C28H28N4O2S/c1-17-6-5-8-19(12-17)24-15-31-28(2,35-24)27(34)32-16-20-13-22(20)23(32)14-30-26(33)25-21-9-4-3-7-18(21)10-11-29-25/h3-12,15,20,22-23,31H,13-14,16H2,1-2H3,(H,30,33)/t20-,22-,23-,28?/m1/s1. The van der Waals surface area contributed by atoms with Crippen molar-refractivity contribution in [3.8, 4) is 0 Å². The van der Waals surface area contributed by atoms with Gasteiger partial charge < -0.3 is 15.5 Å². The number of piperidine rings is 1. The molecule has 1 saturated heterocycles. The third kappa shape index (κ3) is 3.97. The van der Waals surface area contributed by atoms with Crippen LogP contribution in [0, 0.1) is 18.8 Å². The van der Waals surface area contributed by atoms with Crippen LogP contribution in [0.4, 0.5) is 0 Å². The highest BCUT2D eigenvalue weighted by Gasteiger charge is 2.56. The molecule has 6 rings (SSSR count). The summed E-state index contributed by atoms with van der Waals surface area (Å²) in [7, 11) is 0. The fourth-order valence-corrected chi connectivity index (χ4v) is 6.58. The molecule has 3 aromatic rings. The topological polar surface area (TPSA) is 74.3 Å². The molecule has 4 atom stereocenters. The Morgan fingerprint density at radius 1 is 1.20 bits per heavy atom. The van der Waals surface area contributed by atoms with E-state index in [1.54, 1.807) is 18.0 Å². The lowest BCUT2D eigenvalue weighted by atomic mass is 10.1. The quantitative estimate of drug-likeness (QED) is 0.569. The van der Waals surface area contributed by atoms with Gasteiger partial charge in [0.05, 0.1) is 6.04 Å². The van der Waals surface area contributed by atoms with Crippen molar-refractivity contribution in [3.63, 3.8) is 0 Å². The van der Waals surface area contributed by atoms with Gasteiger partial charge in [0.2, 0.25) is 0 Å². The van der Waals surface area contributed by atoms with Crippen molar-refractivity contribution in [1.29, 1.82) is 0 Å². The van der Waals surface area contributed by atoms with Crippen LogP contribution in [0.1, 0.15) is 35.0 Å². The smallest absolute Gasteiger partial charge is 0.270 e. The summed E-state index contributed by atoms with van der Waals surface area (Å²) in [6, 6.07) is 18.0. The molecular formula is C28H28N4O2S. The molecule has 35 heavy (non-hydrogen) atoms. The van der Waals surface area contributed by atoms with Crippen LogP contribution in [0.3, 0.4) is 0 Å². The zero-order valence-electron chi connectivity index (χ0n) is 19.8. The van der Waals surface area contributed by atoms with Gasteiger partial charge in [-0.3, -0.25) is 14.6 Å². The molecule has 2 aliphatic heterocycles. The van der Waals surface area contributed by atoms with Crippen LogP contribution < -0.4 is 10.6 Å². The van der Waals surface area contributed by atoms with Crippen molar-refractivity contribution in [2.45, 2.75) is 31.2 Å². The molecule has 178 valence electrons. The first-order valence-electron chi connectivity index (χ1n) is 12.1. The average molecular weight is 485 g/mol. The van der Waals surface area contributed by atoms with Crippen molar-refractivity contribution < 1.29 is 9.59 Å². The first-order chi connectivity index (χ1) is 16.9. The number of nitrogens with zero attached hydrogens (tertiary/aromatic N) is 2. The minimum Gasteiger partial charge on any atom is -0.368 e. The molecule has 2 amide bonds. The highest BCUT2D eigenvalue weighted by atomic mass is 32.2. The summed E-state index contributed by atoms with van der Waals surface area (Å²) in [5.74, 6) is 0.882. The lowest BCUT2D eigenvalue weighted by Crippen LogP contribution is -2.55. The molecule has 2 N–H and O–H groups in total. The second-order valence-corrected chi connectivity index (χ2v) is 11.4. The van der Waals surface area contributed by atoms with Gasteiger partial charge in [-0.2, -0.15) is 0 Å². The third-order valence-corrected chi connectivity index (χ3v) is 8.70. The lowest BCUT2D eigenvalue weighted by molar-refractivity contribution is -0.135. The number of likely N-dealkylation sites (tertiary alicyclic amines) is 1. The minimum absolute atomic E-state index is 0.00803. The predicted octanol–water partition coefficient (Wildman–Crippen LogP) is 4.17. The first kappa shape index (κ1) is 22.2. The van der Waals surface area contributed by atoms with Gasteiger partial charge in [0.1, 0.15) is 5.69 Å². The summed E-state index contributed by atoms with van der Waals surface area (Å²) in [5.41, 5.74) is 2.74. The van der Waals surface area contributed by atoms with Gasteiger partial charge in [0, 0.05) is 35.8 Å². The van der Waals surface area contributed by atoms with Crippen LogP contribution in [0.15, 0.2) is 67.0 Å². The summed E-state index contributed by atoms with van der Waals surface area (Å²) < 4.78 is 0. The van der Waals surface area contributed by atoms with Crippen LogP contribution in [-0.2, 0) is 4.79 Å². The summed E-state index contributed by atoms with van der Waals surface area (Å²) >= 11 is 1.57. The monoisotopic (exact) mass is 484 g/mol. The van der Waals surface area contributed by atoms with Crippen LogP contribution in [0.25, 0.3) is 15.7 Å². The van der Waals surface area contributed by atoms with Gasteiger partial charge >= 0.3 is 0 Å². The summed E-state index contributed by atoms with van der Waals surface area (Å²) in [4.78, 5) is 33.5. The molecule has 2 fully saturated rings. The second kappa shape index (κ2) is 8.41. The number of rotatable bonds is 5. The van der Waals surface area contributed by atoms with E-state index in [4.69, 9.17) is 0 Å². The number of carbonyl (C=O) groups is 2. The largest absolute Gasteiger partial charge is 0.368 e. The van der Waals surface area contributed by atoms with Crippen LogP contribution in [0.2, 0.25) is 0 Å². The van der Waals surface area contributed by atoms with E-state index in [2.05, 4.69) is 40.7 Å². The van der Waals surface area contributed by atoms with Gasteiger partial charge in [-0.1, -0.05) is 65.9 Å².